The molecule has 12 heteroatoms. The van der Waals surface area contributed by atoms with Crippen molar-refractivity contribution in [1.82, 2.24) is 10.9 Å². The third kappa shape index (κ3) is 4.62. The highest BCUT2D eigenvalue weighted by atomic mass is 32.2. The van der Waals surface area contributed by atoms with Crippen LogP contribution in [0.2, 0.25) is 0 Å². The van der Waals surface area contributed by atoms with E-state index in [1.165, 1.54) is 54.8 Å². The molecule has 154 valence electrons. The van der Waals surface area contributed by atoms with Gasteiger partial charge in [-0.1, -0.05) is 18.2 Å². The molecule has 0 aliphatic carbocycles. The van der Waals surface area contributed by atoms with Gasteiger partial charge in [-0.15, -0.1) is 0 Å². The van der Waals surface area contributed by atoms with Gasteiger partial charge < -0.3 is 4.42 Å². The molecule has 3 rings (SSSR count). The molecule has 3 N–H and O–H groups in total. The first kappa shape index (κ1) is 20.5. The van der Waals surface area contributed by atoms with E-state index < -0.39 is 32.4 Å². The Kier molecular flexibility index (Phi) is 5.78. The minimum atomic E-state index is -4.23. The number of nitro groups is 1. The number of nitro benzene ring substituents is 1. The number of carbonyl (C=O) groups excluding carboxylic acids is 2. The van der Waals surface area contributed by atoms with Crippen molar-refractivity contribution < 1.29 is 27.3 Å². The number of rotatable bonds is 6. The van der Waals surface area contributed by atoms with Crippen LogP contribution in [0.1, 0.15) is 20.9 Å². The number of non-ortho nitro benzene ring substituents is 1. The van der Waals surface area contributed by atoms with Gasteiger partial charge in [0, 0.05) is 12.1 Å². The molecule has 0 saturated heterocycles. The van der Waals surface area contributed by atoms with Crippen LogP contribution in [0.25, 0.3) is 0 Å². The quantitative estimate of drug-likeness (QED) is 0.398. The fraction of sp³-hybridized carbons (Fsp3) is 0. The average Bonchev–Trinajstić information content (AvgIpc) is 3.27. The van der Waals surface area contributed by atoms with Crippen LogP contribution in [0.4, 0.5) is 11.4 Å². The van der Waals surface area contributed by atoms with Crippen molar-refractivity contribution in [3.05, 3.63) is 88.4 Å². The Morgan fingerprint density at radius 3 is 2.37 bits per heavy atom. The highest BCUT2D eigenvalue weighted by molar-refractivity contribution is 7.92. The van der Waals surface area contributed by atoms with E-state index in [-0.39, 0.29) is 21.9 Å². The predicted octanol–water partition coefficient (Wildman–Crippen LogP) is 2.06. The van der Waals surface area contributed by atoms with Gasteiger partial charge in [0.05, 0.1) is 27.3 Å². The van der Waals surface area contributed by atoms with Crippen LogP contribution in [0, 0.1) is 10.1 Å². The Labute approximate surface area is 169 Å². The van der Waals surface area contributed by atoms with E-state index in [1.54, 1.807) is 0 Å². The van der Waals surface area contributed by atoms with Gasteiger partial charge in [-0.25, -0.2) is 8.42 Å². The molecule has 0 aliphatic heterocycles. The van der Waals surface area contributed by atoms with E-state index in [1.807, 2.05) is 0 Å². The minimum Gasteiger partial charge on any atom is -0.459 e. The number of carbonyl (C=O) groups is 2. The minimum absolute atomic E-state index is 0.0324. The van der Waals surface area contributed by atoms with E-state index in [0.29, 0.717) is 0 Å². The summed E-state index contributed by atoms with van der Waals surface area (Å²) in [7, 11) is -4.23. The molecule has 1 heterocycles. The Morgan fingerprint density at radius 1 is 0.933 bits per heavy atom. The number of hydrogen-bond acceptors (Lipinski definition) is 7. The lowest BCUT2D eigenvalue weighted by Crippen LogP contribution is -2.41. The number of furan rings is 1. The SMILES string of the molecule is O=C(NNC(=O)c1ccccc1NS(=O)(=O)c1cccc([N+](=O)[O-])c1)c1ccco1. The first-order valence-corrected chi connectivity index (χ1v) is 9.77. The number of hydrogen-bond donors (Lipinski definition) is 3. The molecule has 2 aromatic carbocycles. The topological polar surface area (TPSA) is 161 Å². The van der Waals surface area contributed by atoms with E-state index in [4.69, 9.17) is 4.42 Å². The van der Waals surface area contributed by atoms with Crippen molar-refractivity contribution >= 4 is 33.2 Å². The summed E-state index contributed by atoms with van der Waals surface area (Å²) in [5.74, 6) is -1.54. The molecule has 0 unspecified atom stereocenters. The number of nitrogens with zero attached hydrogens (tertiary/aromatic N) is 1. The summed E-state index contributed by atoms with van der Waals surface area (Å²) in [6.45, 7) is 0. The van der Waals surface area contributed by atoms with Gasteiger partial charge in [-0.05, 0) is 30.3 Å². The maximum absolute atomic E-state index is 12.6. The van der Waals surface area contributed by atoms with Crippen molar-refractivity contribution in [1.29, 1.82) is 0 Å². The van der Waals surface area contributed by atoms with E-state index in [9.17, 15) is 28.1 Å². The number of anilines is 1. The van der Waals surface area contributed by atoms with Gasteiger partial charge >= 0.3 is 5.91 Å². The molecule has 3 aromatic rings. The first-order chi connectivity index (χ1) is 14.3. The van der Waals surface area contributed by atoms with Crippen LogP contribution in [0.3, 0.4) is 0 Å². The Balaban J connectivity index is 1.79. The van der Waals surface area contributed by atoms with Gasteiger partial charge in [0.2, 0.25) is 0 Å². The number of amides is 2. The molecule has 0 spiro atoms. The van der Waals surface area contributed by atoms with Gasteiger partial charge in [0.25, 0.3) is 21.6 Å². The Hall–Kier alpha value is -4.19. The van der Waals surface area contributed by atoms with E-state index in [2.05, 4.69) is 15.6 Å². The van der Waals surface area contributed by atoms with Crippen molar-refractivity contribution in [3.8, 4) is 0 Å². The summed E-state index contributed by atoms with van der Waals surface area (Å²) in [6.07, 6.45) is 1.29. The Morgan fingerprint density at radius 2 is 1.67 bits per heavy atom. The monoisotopic (exact) mass is 430 g/mol. The fourth-order valence-electron chi connectivity index (χ4n) is 2.39. The molecule has 1 aromatic heterocycles. The number of benzene rings is 2. The third-order valence-electron chi connectivity index (χ3n) is 3.79. The summed E-state index contributed by atoms with van der Waals surface area (Å²) in [5.41, 5.74) is 3.72. The van der Waals surface area contributed by atoms with Crippen LogP contribution >= 0.6 is 0 Å². The highest BCUT2D eigenvalue weighted by Gasteiger charge is 2.21. The number of nitrogens with one attached hydrogen (secondary N) is 3. The summed E-state index contributed by atoms with van der Waals surface area (Å²) < 4.78 is 32.4. The van der Waals surface area contributed by atoms with Crippen LogP contribution in [-0.4, -0.2) is 25.2 Å². The molecule has 0 fully saturated rings. The molecular weight excluding hydrogens is 416 g/mol. The van der Waals surface area contributed by atoms with Crippen molar-refractivity contribution in [3.63, 3.8) is 0 Å². The van der Waals surface area contributed by atoms with Crippen LogP contribution in [-0.2, 0) is 10.0 Å². The molecule has 0 aliphatic rings. The second kappa shape index (κ2) is 8.45. The summed E-state index contributed by atoms with van der Waals surface area (Å²) >= 11 is 0. The predicted molar refractivity (Wildman–Crippen MR) is 104 cm³/mol. The van der Waals surface area contributed by atoms with Gasteiger partial charge in [-0.2, -0.15) is 0 Å². The zero-order valence-electron chi connectivity index (χ0n) is 15.1. The second-order valence-electron chi connectivity index (χ2n) is 5.79. The fourth-order valence-corrected chi connectivity index (χ4v) is 3.51. The zero-order valence-corrected chi connectivity index (χ0v) is 15.9. The van der Waals surface area contributed by atoms with Gasteiger partial charge in [-0.3, -0.25) is 35.3 Å². The molecule has 0 saturated carbocycles. The molecule has 30 heavy (non-hydrogen) atoms. The van der Waals surface area contributed by atoms with E-state index >= 15 is 0 Å². The normalized spacial score (nSPS) is 10.8. The summed E-state index contributed by atoms with van der Waals surface area (Å²) in [5, 5.41) is 10.9. The van der Waals surface area contributed by atoms with Crippen molar-refractivity contribution in [2.75, 3.05) is 4.72 Å². The lowest BCUT2D eigenvalue weighted by molar-refractivity contribution is -0.385. The lowest BCUT2D eigenvalue weighted by atomic mass is 10.2. The third-order valence-corrected chi connectivity index (χ3v) is 5.15. The summed E-state index contributed by atoms with van der Waals surface area (Å²) in [6, 6.07) is 13.0. The zero-order chi connectivity index (χ0) is 21.7. The largest absolute Gasteiger partial charge is 0.459 e. The number of hydrazine groups is 1. The van der Waals surface area contributed by atoms with Crippen molar-refractivity contribution in [2.45, 2.75) is 4.90 Å². The van der Waals surface area contributed by atoms with Crippen LogP contribution in [0.15, 0.2) is 76.2 Å². The standard InChI is InChI=1S/C18H14N4O7S/c23-17(19-20-18(24)16-9-4-10-29-16)14-7-1-2-8-15(14)21-30(27,28)13-6-3-5-12(11-13)22(25)26/h1-11,21H,(H,19,23)(H,20,24). The molecule has 2 amide bonds. The highest BCUT2D eigenvalue weighted by Crippen LogP contribution is 2.22. The van der Waals surface area contributed by atoms with Crippen LogP contribution in [0.5, 0.6) is 0 Å². The number of para-hydroxylation sites is 1. The molecule has 0 bridgehead atoms. The Bertz CT molecular complexity index is 1210. The summed E-state index contributed by atoms with van der Waals surface area (Å²) in [4.78, 5) is 34.1. The second-order valence-corrected chi connectivity index (χ2v) is 7.47. The van der Waals surface area contributed by atoms with Crippen molar-refractivity contribution in [2.24, 2.45) is 0 Å². The van der Waals surface area contributed by atoms with E-state index in [0.717, 1.165) is 12.1 Å². The smallest absolute Gasteiger partial charge is 0.305 e. The molecule has 0 atom stereocenters. The lowest BCUT2D eigenvalue weighted by Gasteiger charge is -2.13. The molecular formula is C18H14N4O7S. The molecule has 11 nitrogen and oxygen atoms in total. The average molecular weight is 430 g/mol. The van der Waals surface area contributed by atoms with Crippen LogP contribution < -0.4 is 15.6 Å². The maximum atomic E-state index is 12.6. The first-order valence-electron chi connectivity index (χ1n) is 8.28. The molecule has 0 radical (unpaired) electrons. The van der Waals surface area contributed by atoms with Gasteiger partial charge in [0.1, 0.15) is 0 Å². The van der Waals surface area contributed by atoms with Gasteiger partial charge in [0.15, 0.2) is 5.76 Å². The number of sulfonamides is 1. The maximum Gasteiger partial charge on any atom is 0.305 e.